The molecule has 0 saturated heterocycles. The van der Waals surface area contributed by atoms with Crippen molar-refractivity contribution in [2.75, 3.05) is 27.4 Å². The number of aryl methyl sites for hydroxylation is 1. The maximum absolute atomic E-state index is 13.1. The predicted octanol–water partition coefficient (Wildman–Crippen LogP) is -1.31. The molecule has 0 aliphatic carbocycles. The van der Waals surface area contributed by atoms with E-state index < -0.39 is 70.7 Å². The Hall–Kier alpha value is -5.16. The number of hydrogen-bond donors (Lipinski definition) is 0. The number of esters is 2. The van der Waals surface area contributed by atoms with Gasteiger partial charge in [-0.1, -0.05) is 0 Å². The number of amides is 4. The quantitative estimate of drug-likeness (QED) is 0.101. The molecule has 18 heteroatoms. The van der Waals surface area contributed by atoms with Crippen LogP contribution >= 0.6 is 0 Å². The lowest BCUT2D eigenvalue weighted by Gasteiger charge is -2.24. The summed E-state index contributed by atoms with van der Waals surface area (Å²) in [5.74, 6) is -5.84. The number of carbonyl (C=O) groups is 6. The highest BCUT2D eigenvalue weighted by atomic mass is 17.0. The van der Waals surface area contributed by atoms with E-state index in [1.807, 2.05) is 0 Å². The van der Waals surface area contributed by atoms with Gasteiger partial charge < -0.3 is 19.1 Å². The van der Waals surface area contributed by atoms with Gasteiger partial charge in [0.1, 0.15) is 13.2 Å². The highest BCUT2D eigenvalue weighted by Gasteiger charge is 2.45. The Morgan fingerprint density at radius 1 is 0.973 bits per heavy atom. The van der Waals surface area contributed by atoms with Gasteiger partial charge in [0.25, 0.3) is 27.9 Å². The molecule has 1 aromatic rings. The monoisotopic (exact) mass is 526 g/mol. The van der Waals surface area contributed by atoms with Crippen molar-refractivity contribution < 1.29 is 58.1 Å². The molecule has 18 nitrogen and oxygen atoms in total. The summed E-state index contributed by atoms with van der Waals surface area (Å²) in [5.41, 5.74) is -1.06. The largest absolute Gasteiger partial charge is 0.467 e. The van der Waals surface area contributed by atoms with Crippen LogP contribution in [-0.4, -0.2) is 95.6 Å². The second-order valence-corrected chi connectivity index (χ2v) is 7.13. The number of rotatable bonds is 12. The molecule has 1 heterocycles. The van der Waals surface area contributed by atoms with Gasteiger partial charge in [-0.15, -0.1) is 20.2 Å². The van der Waals surface area contributed by atoms with Crippen molar-refractivity contribution in [1.29, 1.82) is 0 Å². The van der Waals surface area contributed by atoms with E-state index in [-0.39, 0.29) is 28.0 Å². The molecule has 4 amide bonds. The minimum absolute atomic E-state index is 0.0218. The Morgan fingerprint density at radius 2 is 1.49 bits per heavy atom. The average molecular weight is 526 g/mol. The van der Waals surface area contributed by atoms with Crippen LogP contribution in [0.1, 0.15) is 36.6 Å². The summed E-state index contributed by atoms with van der Waals surface area (Å²) in [5, 5.41) is 18.6. The lowest BCUT2D eigenvalue weighted by atomic mass is 9.99. The van der Waals surface area contributed by atoms with E-state index in [1.165, 1.54) is 6.92 Å². The smallest absolute Gasteiger partial charge is 0.331 e. The van der Waals surface area contributed by atoms with Crippen LogP contribution in [0.5, 0.6) is 0 Å². The fourth-order valence-electron chi connectivity index (χ4n) is 3.37. The molecule has 1 aromatic carbocycles. The molecule has 1 aliphatic rings. The lowest BCUT2D eigenvalue weighted by molar-refractivity contribution is -0.758. The van der Waals surface area contributed by atoms with Crippen LogP contribution in [0.25, 0.3) is 0 Å². The van der Waals surface area contributed by atoms with E-state index in [4.69, 9.17) is 0 Å². The third kappa shape index (κ3) is 5.74. The second kappa shape index (κ2) is 11.5. The summed E-state index contributed by atoms with van der Waals surface area (Å²) in [6.45, 7) is -0.784. The Kier molecular flexibility index (Phi) is 8.74. The first kappa shape index (κ1) is 28.1. The fourth-order valence-corrected chi connectivity index (χ4v) is 3.37. The van der Waals surface area contributed by atoms with E-state index in [9.17, 15) is 49.0 Å². The topological polar surface area (TPSA) is 232 Å². The number of hydrogen-bond acceptors (Lipinski definition) is 14. The van der Waals surface area contributed by atoms with Gasteiger partial charge in [-0.2, -0.15) is 0 Å². The van der Waals surface area contributed by atoms with E-state index in [2.05, 4.69) is 19.1 Å². The summed E-state index contributed by atoms with van der Waals surface area (Å²) < 4.78 is 8.95. The van der Waals surface area contributed by atoms with Crippen LogP contribution in [0.4, 0.5) is 0 Å². The summed E-state index contributed by atoms with van der Waals surface area (Å²) in [7, 11) is 1.81. The van der Waals surface area contributed by atoms with Crippen molar-refractivity contribution in [2.24, 2.45) is 0 Å². The molecule has 1 aliphatic heterocycles. The molecule has 0 spiro atoms. The lowest BCUT2D eigenvalue weighted by Crippen LogP contribution is -2.48. The Labute approximate surface area is 205 Å². The van der Waals surface area contributed by atoms with Crippen LogP contribution in [0.2, 0.25) is 0 Å². The van der Waals surface area contributed by atoms with E-state index in [1.54, 1.807) is 0 Å². The molecule has 2 rings (SSSR count). The van der Waals surface area contributed by atoms with Crippen molar-refractivity contribution in [3.63, 3.8) is 0 Å². The third-order valence-electron chi connectivity index (χ3n) is 5.11. The highest BCUT2D eigenvalue weighted by molar-refractivity contribution is 6.23. The minimum Gasteiger partial charge on any atom is -0.467 e. The predicted molar refractivity (Wildman–Crippen MR) is 111 cm³/mol. The van der Waals surface area contributed by atoms with Crippen molar-refractivity contribution in [3.05, 3.63) is 54.6 Å². The van der Waals surface area contributed by atoms with Gasteiger partial charge in [0.05, 0.1) is 25.3 Å². The van der Waals surface area contributed by atoms with Gasteiger partial charge in [-0.05, 0) is 24.6 Å². The zero-order valence-corrected chi connectivity index (χ0v) is 19.3. The van der Waals surface area contributed by atoms with Gasteiger partial charge in [0, 0.05) is 5.56 Å². The molecule has 0 aromatic heterocycles. The fraction of sp³-hybridized carbons (Fsp3) is 0.368. The van der Waals surface area contributed by atoms with Crippen molar-refractivity contribution in [3.8, 4) is 0 Å². The minimum atomic E-state index is -1.88. The summed E-state index contributed by atoms with van der Waals surface area (Å²) >= 11 is 0. The van der Waals surface area contributed by atoms with Gasteiger partial charge in [0.2, 0.25) is 6.41 Å². The van der Waals surface area contributed by atoms with E-state index >= 15 is 0 Å². The second-order valence-electron chi connectivity index (χ2n) is 7.13. The molecular weight excluding hydrogens is 508 g/mol. The Balaban J connectivity index is 2.50. The Bertz CT molecular complexity index is 1180. The number of carbonyl (C=O) groups excluding carboxylic acids is 6. The standard InChI is InChI=1S/C19H18N4O14/c1-9-4-11-12(17(27)21(16(11)26)14(19(29)35-3)7-37-23(32)33)5-10(9)15(25)20(8-24)13(18(28)34-2)6-36-22(30)31/h4-5,8,13-14H,6-7H2,1-3H3. The average Bonchev–Trinajstić information content (AvgIpc) is 3.09. The van der Waals surface area contributed by atoms with Crippen molar-refractivity contribution >= 4 is 36.1 Å². The van der Waals surface area contributed by atoms with Crippen LogP contribution in [0.15, 0.2) is 12.1 Å². The molecule has 198 valence electrons. The first-order chi connectivity index (χ1) is 17.4. The van der Waals surface area contributed by atoms with E-state index in [0.717, 1.165) is 26.4 Å². The maximum Gasteiger partial charge on any atom is 0.331 e. The van der Waals surface area contributed by atoms with Gasteiger partial charge >= 0.3 is 11.9 Å². The van der Waals surface area contributed by atoms with Crippen molar-refractivity contribution in [1.82, 2.24) is 9.80 Å². The molecule has 0 fully saturated rings. The summed E-state index contributed by atoms with van der Waals surface area (Å²) in [6, 6.07) is -1.76. The zero-order valence-electron chi connectivity index (χ0n) is 19.3. The van der Waals surface area contributed by atoms with Crippen LogP contribution in [-0.2, 0) is 33.5 Å². The summed E-state index contributed by atoms with van der Waals surface area (Å²) in [6.07, 6.45) is -0.110. The number of methoxy groups -OCH3 is 2. The molecule has 0 saturated carbocycles. The zero-order chi connectivity index (χ0) is 28.0. The number of fused-ring (bicyclic) bond motifs is 1. The first-order valence-electron chi connectivity index (χ1n) is 9.90. The molecule has 2 atom stereocenters. The first-order valence-corrected chi connectivity index (χ1v) is 9.90. The van der Waals surface area contributed by atoms with Crippen LogP contribution in [0, 0.1) is 27.2 Å². The SMILES string of the molecule is COC(=O)C(CO[N+](=O)[O-])N(C=O)C(=O)c1cc2c(cc1C)C(=O)N(C(CO[N+](=O)[O-])C(=O)OC)C2=O. The molecule has 2 unspecified atom stereocenters. The Morgan fingerprint density at radius 3 is 1.97 bits per heavy atom. The number of nitrogens with zero attached hydrogens (tertiary/aromatic N) is 4. The van der Waals surface area contributed by atoms with Gasteiger partial charge in [0.15, 0.2) is 12.1 Å². The molecule has 37 heavy (non-hydrogen) atoms. The van der Waals surface area contributed by atoms with Crippen LogP contribution in [0.3, 0.4) is 0 Å². The number of ether oxygens (including phenoxy) is 2. The number of imide groups is 2. The van der Waals surface area contributed by atoms with E-state index in [0.29, 0.717) is 4.90 Å². The molecule has 0 N–H and O–H groups in total. The number of benzene rings is 1. The van der Waals surface area contributed by atoms with Crippen molar-refractivity contribution in [2.45, 2.75) is 19.0 Å². The molecule has 0 bridgehead atoms. The maximum atomic E-state index is 13.1. The summed E-state index contributed by atoms with van der Waals surface area (Å²) in [4.78, 5) is 105. The van der Waals surface area contributed by atoms with Crippen LogP contribution < -0.4 is 0 Å². The normalized spacial score (nSPS) is 13.6. The molecule has 0 radical (unpaired) electrons. The van der Waals surface area contributed by atoms with Gasteiger partial charge in [-0.25, -0.2) is 9.59 Å². The third-order valence-corrected chi connectivity index (χ3v) is 5.11. The highest BCUT2D eigenvalue weighted by Crippen LogP contribution is 2.29. The molecular formula is C19H18N4O14. The van der Waals surface area contributed by atoms with Gasteiger partial charge in [-0.3, -0.25) is 29.0 Å².